The average molecular weight is 441 g/mol. The monoisotopic (exact) mass is 440 g/mol. The summed E-state index contributed by atoms with van der Waals surface area (Å²) >= 11 is 0. The fraction of sp³-hybridized carbons (Fsp3) is 0.364. The number of hydrogen-bond donors (Lipinski definition) is 3. The number of rotatable bonds is 11. The molecule has 3 aromatic rings. The molecule has 0 aliphatic heterocycles. The molecule has 1 amide bonds. The minimum Gasteiger partial charge on any atom is -0.480 e. The van der Waals surface area contributed by atoms with Gasteiger partial charge < -0.3 is 25.6 Å². The number of aromatic nitrogens is 4. The summed E-state index contributed by atoms with van der Waals surface area (Å²) in [6, 6.07) is 7.55. The zero-order valence-corrected chi connectivity index (χ0v) is 18.3. The van der Waals surface area contributed by atoms with Crippen LogP contribution in [0.1, 0.15) is 30.9 Å². The number of nitrogens with two attached hydrogens (primary N) is 1. The van der Waals surface area contributed by atoms with Crippen LogP contribution in [0.4, 0.5) is 5.82 Å². The van der Waals surface area contributed by atoms with Crippen LogP contribution in [0.25, 0.3) is 11.2 Å². The molecule has 0 fully saturated rings. The number of nitrogen functional groups attached to an aromatic ring is 1. The number of fused-ring (bicyclic) bond motifs is 1. The Morgan fingerprint density at radius 3 is 2.56 bits per heavy atom. The first kappa shape index (κ1) is 23.0. The van der Waals surface area contributed by atoms with E-state index < -0.39 is 0 Å². The third-order valence-electron chi connectivity index (χ3n) is 4.73. The Labute approximate surface area is 186 Å². The van der Waals surface area contributed by atoms with E-state index in [0.717, 1.165) is 16.7 Å². The topological polar surface area (TPSA) is 137 Å². The first-order valence-corrected chi connectivity index (χ1v) is 10.2. The van der Waals surface area contributed by atoms with Crippen molar-refractivity contribution in [1.82, 2.24) is 24.8 Å². The number of hydrogen-bond acceptors (Lipinski definition) is 8. The standard InChI is InChI=1S/C22H28N6O4/c1-14(2)4-9-17(29)24-12-15-5-7-16(8-6-15)13-28-20-18(25-22(28)30)19(23)26-21(27-20)32-11-10-31-3/h5-8H,1,4,9-13H2,2-3H3,(H,24,29)(H,25,30)(H2,23,26,27). The molecule has 0 atom stereocenters. The SMILES string of the molecule is C=C(C)CCC(=O)NCc1ccc(Cn2c(O)nc3c(N)nc(OCCOC)nc32)cc1. The van der Waals surface area contributed by atoms with Crippen LogP contribution in [-0.4, -0.2) is 50.9 Å². The third-order valence-corrected chi connectivity index (χ3v) is 4.73. The second-order valence-corrected chi connectivity index (χ2v) is 7.45. The fourth-order valence-corrected chi connectivity index (χ4v) is 2.98. The van der Waals surface area contributed by atoms with Gasteiger partial charge in [-0.3, -0.25) is 9.36 Å². The smallest absolute Gasteiger partial charge is 0.320 e. The van der Waals surface area contributed by atoms with Crippen LogP contribution in [0.15, 0.2) is 36.4 Å². The van der Waals surface area contributed by atoms with Crippen molar-refractivity contribution in [3.05, 3.63) is 47.5 Å². The normalized spacial score (nSPS) is 10.9. The number of nitrogens with zero attached hydrogens (tertiary/aromatic N) is 4. The molecule has 170 valence electrons. The van der Waals surface area contributed by atoms with Crippen LogP contribution < -0.4 is 15.8 Å². The molecule has 0 saturated carbocycles. The first-order chi connectivity index (χ1) is 15.4. The largest absolute Gasteiger partial charge is 0.480 e. The molecular formula is C22H28N6O4. The van der Waals surface area contributed by atoms with E-state index in [0.29, 0.717) is 43.7 Å². The minimum absolute atomic E-state index is 0.00678. The summed E-state index contributed by atoms with van der Waals surface area (Å²) < 4.78 is 11.9. The average Bonchev–Trinajstić information content (AvgIpc) is 3.08. The summed E-state index contributed by atoms with van der Waals surface area (Å²) in [6.45, 7) is 7.13. The second-order valence-electron chi connectivity index (χ2n) is 7.45. The van der Waals surface area contributed by atoms with Crippen molar-refractivity contribution in [1.29, 1.82) is 0 Å². The van der Waals surface area contributed by atoms with Crippen molar-refractivity contribution in [2.24, 2.45) is 0 Å². The number of imidazole rings is 1. The molecule has 0 spiro atoms. The molecule has 1 aromatic carbocycles. The molecule has 10 nitrogen and oxygen atoms in total. The Morgan fingerprint density at radius 2 is 1.88 bits per heavy atom. The molecular weight excluding hydrogens is 412 g/mol. The molecule has 0 radical (unpaired) electrons. The van der Waals surface area contributed by atoms with Gasteiger partial charge in [0.05, 0.1) is 13.2 Å². The number of benzene rings is 1. The van der Waals surface area contributed by atoms with Crippen LogP contribution in [-0.2, 0) is 22.6 Å². The zero-order chi connectivity index (χ0) is 23.1. The second kappa shape index (κ2) is 10.6. The summed E-state index contributed by atoms with van der Waals surface area (Å²) in [5.74, 6) is 0.113. The van der Waals surface area contributed by atoms with Gasteiger partial charge >= 0.3 is 6.01 Å². The lowest BCUT2D eigenvalue weighted by atomic mass is 10.1. The van der Waals surface area contributed by atoms with E-state index >= 15 is 0 Å². The maximum atomic E-state index is 11.9. The van der Waals surface area contributed by atoms with Crippen LogP contribution in [0.3, 0.4) is 0 Å². The van der Waals surface area contributed by atoms with E-state index in [1.807, 2.05) is 31.2 Å². The van der Waals surface area contributed by atoms with Crippen LogP contribution in [0, 0.1) is 0 Å². The highest BCUT2D eigenvalue weighted by Gasteiger charge is 2.17. The quantitative estimate of drug-likeness (QED) is 0.305. The van der Waals surface area contributed by atoms with Crippen molar-refractivity contribution in [3.63, 3.8) is 0 Å². The lowest BCUT2D eigenvalue weighted by Crippen LogP contribution is -2.22. The van der Waals surface area contributed by atoms with Gasteiger partial charge in [0.1, 0.15) is 6.61 Å². The molecule has 0 aliphatic carbocycles. The summed E-state index contributed by atoms with van der Waals surface area (Å²) in [5.41, 5.74) is 9.51. The van der Waals surface area contributed by atoms with Crippen molar-refractivity contribution < 1.29 is 19.4 Å². The van der Waals surface area contributed by atoms with Gasteiger partial charge in [-0.05, 0) is 24.5 Å². The summed E-state index contributed by atoms with van der Waals surface area (Å²) in [7, 11) is 1.57. The van der Waals surface area contributed by atoms with E-state index in [1.165, 1.54) is 4.57 Å². The molecule has 4 N–H and O–H groups in total. The molecule has 2 heterocycles. The molecule has 0 unspecified atom stereocenters. The van der Waals surface area contributed by atoms with Gasteiger partial charge in [-0.2, -0.15) is 15.0 Å². The number of nitrogens with one attached hydrogen (secondary N) is 1. The van der Waals surface area contributed by atoms with Crippen molar-refractivity contribution >= 4 is 22.9 Å². The zero-order valence-electron chi connectivity index (χ0n) is 18.3. The lowest BCUT2D eigenvalue weighted by molar-refractivity contribution is -0.121. The van der Waals surface area contributed by atoms with Crippen LogP contribution in [0.2, 0.25) is 0 Å². The van der Waals surface area contributed by atoms with Gasteiger partial charge in [0.25, 0.3) is 6.01 Å². The Morgan fingerprint density at radius 1 is 1.16 bits per heavy atom. The Kier molecular flexibility index (Phi) is 7.61. The van der Waals surface area contributed by atoms with E-state index in [9.17, 15) is 9.90 Å². The molecule has 0 aliphatic rings. The lowest BCUT2D eigenvalue weighted by Gasteiger charge is -2.09. The molecule has 32 heavy (non-hydrogen) atoms. The summed E-state index contributed by atoms with van der Waals surface area (Å²) in [4.78, 5) is 24.4. The number of carbonyl (C=O) groups excluding carboxylic acids is 1. The molecule has 0 bridgehead atoms. The first-order valence-electron chi connectivity index (χ1n) is 10.2. The Bertz CT molecular complexity index is 1090. The highest BCUT2D eigenvalue weighted by molar-refractivity contribution is 5.83. The van der Waals surface area contributed by atoms with Crippen molar-refractivity contribution in [2.75, 3.05) is 26.1 Å². The van der Waals surface area contributed by atoms with Gasteiger partial charge in [-0.1, -0.05) is 29.8 Å². The minimum atomic E-state index is -0.219. The van der Waals surface area contributed by atoms with Gasteiger partial charge in [0.2, 0.25) is 5.91 Å². The number of methoxy groups -OCH3 is 1. The highest BCUT2D eigenvalue weighted by atomic mass is 16.5. The van der Waals surface area contributed by atoms with E-state index in [4.69, 9.17) is 15.2 Å². The van der Waals surface area contributed by atoms with Gasteiger partial charge in [-0.25, -0.2) is 0 Å². The fourth-order valence-electron chi connectivity index (χ4n) is 2.98. The van der Waals surface area contributed by atoms with Crippen molar-refractivity contribution in [3.8, 4) is 12.0 Å². The number of carbonyl (C=O) groups is 1. The maximum absolute atomic E-state index is 11.9. The molecule has 2 aromatic heterocycles. The number of amides is 1. The summed E-state index contributed by atoms with van der Waals surface area (Å²) in [5, 5.41) is 13.2. The predicted molar refractivity (Wildman–Crippen MR) is 120 cm³/mol. The molecule has 10 heteroatoms. The van der Waals surface area contributed by atoms with Crippen LogP contribution in [0.5, 0.6) is 12.0 Å². The van der Waals surface area contributed by atoms with E-state index in [1.54, 1.807) is 7.11 Å². The van der Waals surface area contributed by atoms with Gasteiger partial charge in [0.15, 0.2) is 17.0 Å². The van der Waals surface area contributed by atoms with E-state index in [2.05, 4.69) is 26.8 Å². The molecule has 3 rings (SSSR count). The number of anilines is 1. The third kappa shape index (κ3) is 5.94. The van der Waals surface area contributed by atoms with E-state index in [-0.39, 0.29) is 30.4 Å². The van der Waals surface area contributed by atoms with Gasteiger partial charge in [-0.15, -0.1) is 6.58 Å². The molecule has 0 saturated heterocycles. The van der Waals surface area contributed by atoms with Crippen molar-refractivity contribution in [2.45, 2.75) is 32.9 Å². The Balaban J connectivity index is 1.69. The predicted octanol–water partition coefficient (Wildman–Crippen LogP) is 2.16. The Hall–Kier alpha value is -3.66. The highest BCUT2D eigenvalue weighted by Crippen LogP contribution is 2.25. The summed E-state index contributed by atoms with van der Waals surface area (Å²) in [6.07, 6.45) is 1.11. The number of aromatic hydroxyl groups is 1. The van der Waals surface area contributed by atoms with Crippen LogP contribution >= 0.6 is 0 Å². The number of ether oxygens (including phenoxy) is 2. The number of allylic oxidation sites excluding steroid dienone is 1. The van der Waals surface area contributed by atoms with Gasteiger partial charge in [0, 0.05) is 20.1 Å². The maximum Gasteiger partial charge on any atom is 0.320 e.